The number of dihydropyridines is 1. The van der Waals surface area contributed by atoms with Crippen molar-refractivity contribution in [3.8, 4) is 0 Å². The normalized spacial score (nSPS) is 19.1. The van der Waals surface area contributed by atoms with Crippen LogP contribution in [0.2, 0.25) is 0 Å². The highest BCUT2D eigenvalue weighted by Crippen LogP contribution is 2.15. The molecule has 0 aromatic rings. The maximum Gasteiger partial charge on any atom is 0.328 e. The third-order valence-corrected chi connectivity index (χ3v) is 2.23. The maximum atomic E-state index is 10.9. The van der Waals surface area contributed by atoms with Crippen molar-refractivity contribution in [2.24, 2.45) is 0 Å². The van der Waals surface area contributed by atoms with Crippen LogP contribution < -0.4 is 10.6 Å². The summed E-state index contributed by atoms with van der Waals surface area (Å²) in [5.41, 5.74) is -0.277. The minimum atomic E-state index is -0.955. The summed E-state index contributed by atoms with van der Waals surface area (Å²) in [7, 11) is 0. The van der Waals surface area contributed by atoms with Gasteiger partial charge in [0.2, 0.25) is 0 Å². The number of carboxylic acid groups (broad SMARTS) is 1. The Labute approximate surface area is 90.1 Å². The first-order valence-corrected chi connectivity index (χ1v) is 4.92. The summed E-state index contributed by atoms with van der Waals surface area (Å²) < 4.78 is 0. The summed E-state index contributed by atoms with van der Waals surface area (Å²) in [6, 6.07) is 0. The van der Waals surface area contributed by atoms with E-state index in [1.54, 1.807) is 13.8 Å². The minimum absolute atomic E-state index is 0.147. The molecule has 3 N–H and O–H groups in total. The average molecular weight is 210 g/mol. The van der Waals surface area contributed by atoms with E-state index in [9.17, 15) is 4.79 Å². The predicted octanol–water partition coefficient (Wildman–Crippen LogP) is 1.22. The SMILES string of the molecule is CC1(C)C=C(NC(C)(C)C(=O)O)C=CN1. The molecule has 1 aliphatic rings. The standard InChI is InChI=1S/C11H18N2O2/c1-10(2)7-8(5-6-12-10)13-11(3,4)9(14)15/h5-7,12-13H,1-4H3,(H,14,15). The molecule has 0 saturated heterocycles. The molecule has 0 fully saturated rings. The van der Waals surface area contributed by atoms with Gasteiger partial charge in [-0.05, 0) is 46.0 Å². The Bertz CT molecular complexity index is 327. The third-order valence-electron chi connectivity index (χ3n) is 2.23. The lowest BCUT2D eigenvalue weighted by molar-refractivity contribution is -0.143. The van der Waals surface area contributed by atoms with Crippen molar-refractivity contribution in [2.75, 3.05) is 0 Å². The predicted molar refractivity (Wildman–Crippen MR) is 59.3 cm³/mol. The summed E-state index contributed by atoms with van der Waals surface area (Å²) in [6.45, 7) is 7.32. The summed E-state index contributed by atoms with van der Waals surface area (Å²) in [5.74, 6) is -0.867. The van der Waals surface area contributed by atoms with Gasteiger partial charge in [-0.25, -0.2) is 4.79 Å². The molecule has 0 aliphatic carbocycles. The van der Waals surface area contributed by atoms with Gasteiger partial charge in [0.15, 0.2) is 0 Å². The lowest BCUT2D eigenvalue weighted by atomic mass is 9.99. The van der Waals surface area contributed by atoms with Gasteiger partial charge in [-0.1, -0.05) is 0 Å². The van der Waals surface area contributed by atoms with Gasteiger partial charge < -0.3 is 15.7 Å². The number of carbonyl (C=O) groups is 1. The molecule has 1 aliphatic heterocycles. The van der Waals surface area contributed by atoms with Crippen LogP contribution in [0.1, 0.15) is 27.7 Å². The van der Waals surface area contributed by atoms with Crippen LogP contribution in [0.25, 0.3) is 0 Å². The van der Waals surface area contributed by atoms with Crippen LogP contribution in [0, 0.1) is 0 Å². The van der Waals surface area contributed by atoms with Gasteiger partial charge in [0, 0.05) is 5.70 Å². The molecule has 0 saturated carbocycles. The van der Waals surface area contributed by atoms with E-state index in [1.165, 1.54) is 0 Å². The summed E-state index contributed by atoms with van der Waals surface area (Å²) in [5, 5.41) is 15.1. The van der Waals surface area contributed by atoms with E-state index in [1.807, 2.05) is 32.2 Å². The molecule has 0 aromatic carbocycles. The molecule has 15 heavy (non-hydrogen) atoms. The van der Waals surface area contributed by atoms with E-state index < -0.39 is 11.5 Å². The Hall–Kier alpha value is -1.45. The lowest BCUT2D eigenvalue weighted by Crippen LogP contribution is -2.47. The van der Waals surface area contributed by atoms with Gasteiger partial charge in [-0.3, -0.25) is 0 Å². The molecule has 4 nitrogen and oxygen atoms in total. The Kier molecular flexibility index (Phi) is 2.79. The average Bonchev–Trinajstić information content (AvgIpc) is 2.00. The lowest BCUT2D eigenvalue weighted by Gasteiger charge is -2.30. The first-order chi connectivity index (χ1) is 6.73. The van der Waals surface area contributed by atoms with Gasteiger partial charge in [0.25, 0.3) is 0 Å². The van der Waals surface area contributed by atoms with Crippen LogP contribution in [-0.2, 0) is 4.79 Å². The fourth-order valence-electron chi connectivity index (χ4n) is 1.32. The van der Waals surface area contributed by atoms with Crippen molar-refractivity contribution in [1.29, 1.82) is 0 Å². The molecule has 0 radical (unpaired) electrons. The zero-order valence-corrected chi connectivity index (χ0v) is 9.59. The van der Waals surface area contributed by atoms with Crippen LogP contribution in [-0.4, -0.2) is 22.2 Å². The minimum Gasteiger partial charge on any atom is -0.480 e. The highest BCUT2D eigenvalue weighted by molar-refractivity contribution is 5.78. The van der Waals surface area contributed by atoms with E-state index >= 15 is 0 Å². The fraction of sp³-hybridized carbons (Fsp3) is 0.545. The molecule has 1 rings (SSSR count). The second kappa shape index (κ2) is 3.61. The van der Waals surface area contributed by atoms with Crippen LogP contribution in [0.4, 0.5) is 0 Å². The molecule has 0 aromatic heterocycles. The first kappa shape index (κ1) is 11.6. The van der Waals surface area contributed by atoms with E-state index in [0.29, 0.717) is 0 Å². The van der Waals surface area contributed by atoms with E-state index in [4.69, 9.17) is 5.11 Å². The van der Waals surface area contributed by atoms with Crippen molar-refractivity contribution in [1.82, 2.24) is 10.6 Å². The molecule has 0 spiro atoms. The first-order valence-electron chi connectivity index (χ1n) is 4.92. The molecule has 0 bridgehead atoms. The second-order valence-corrected chi connectivity index (χ2v) is 4.85. The van der Waals surface area contributed by atoms with Crippen molar-refractivity contribution < 1.29 is 9.90 Å². The number of hydrogen-bond acceptors (Lipinski definition) is 3. The monoisotopic (exact) mass is 210 g/mol. The molecule has 0 atom stereocenters. The Balaban J connectivity index is 2.79. The second-order valence-electron chi connectivity index (χ2n) is 4.85. The number of allylic oxidation sites excluding steroid dienone is 1. The van der Waals surface area contributed by atoms with Crippen LogP contribution >= 0.6 is 0 Å². The van der Waals surface area contributed by atoms with Crippen LogP contribution in [0.3, 0.4) is 0 Å². The van der Waals surface area contributed by atoms with E-state index in [2.05, 4.69) is 10.6 Å². The van der Waals surface area contributed by atoms with Gasteiger partial charge in [-0.2, -0.15) is 0 Å². The highest BCUT2D eigenvalue weighted by atomic mass is 16.4. The molecule has 84 valence electrons. The topological polar surface area (TPSA) is 61.4 Å². The van der Waals surface area contributed by atoms with Crippen LogP contribution in [0.5, 0.6) is 0 Å². The van der Waals surface area contributed by atoms with Gasteiger partial charge in [0.1, 0.15) is 5.54 Å². The largest absolute Gasteiger partial charge is 0.480 e. The quantitative estimate of drug-likeness (QED) is 0.655. The highest BCUT2D eigenvalue weighted by Gasteiger charge is 2.28. The van der Waals surface area contributed by atoms with Crippen molar-refractivity contribution in [2.45, 2.75) is 38.8 Å². The molecule has 1 heterocycles. The van der Waals surface area contributed by atoms with E-state index in [-0.39, 0.29) is 5.54 Å². The number of nitrogens with one attached hydrogen (secondary N) is 2. The zero-order chi connectivity index (χ0) is 11.7. The Morgan fingerprint density at radius 1 is 1.53 bits per heavy atom. The fourth-order valence-corrected chi connectivity index (χ4v) is 1.32. The summed E-state index contributed by atoms with van der Waals surface area (Å²) in [4.78, 5) is 10.9. The van der Waals surface area contributed by atoms with Crippen molar-refractivity contribution >= 4 is 5.97 Å². The number of rotatable bonds is 3. The number of hydrogen-bond donors (Lipinski definition) is 3. The van der Waals surface area contributed by atoms with Gasteiger partial charge in [-0.15, -0.1) is 0 Å². The number of carboxylic acids is 1. The third kappa shape index (κ3) is 3.01. The Morgan fingerprint density at radius 3 is 2.60 bits per heavy atom. The Morgan fingerprint density at radius 2 is 2.13 bits per heavy atom. The molecular weight excluding hydrogens is 192 g/mol. The maximum absolute atomic E-state index is 10.9. The smallest absolute Gasteiger partial charge is 0.328 e. The zero-order valence-electron chi connectivity index (χ0n) is 9.59. The number of aliphatic carboxylic acids is 1. The van der Waals surface area contributed by atoms with Gasteiger partial charge >= 0.3 is 5.97 Å². The summed E-state index contributed by atoms with van der Waals surface area (Å²) >= 11 is 0. The molecule has 4 heteroatoms. The molecule has 0 amide bonds. The van der Waals surface area contributed by atoms with Gasteiger partial charge in [0.05, 0.1) is 5.54 Å². The molecular formula is C11H18N2O2. The van der Waals surface area contributed by atoms with Crippen molar-refractivity contribution in [3.05, 3.63) is 24.0 Å². The van der Waals surface area contributed by atoms with Crippen LogP contribution in [0.15, 0.2) is 24.0 Å². The van der Waals surface area contributed by atoms with E-state index in [0.717, 1.165) is 5.70 Å². The summed E-state index contributed by atoms with van der Waals surface area (Å²) in [6.07, 6.45) is 5.62. The molecule has 0 unspecified atom stereocenters. The van der Waals surface area contributed by atoms with Crippen molar-refractivity contribution in [3.63, 3.8) is 0 Å².